The topological polar surface area (TPSA) is 67.3 Å². The Morgan fingerprint density at radius 1 is 1.30 bits per heavy atom. The van der Waals surface area contributed by atoms with Gasteiger partial charge in [-0.25, -0.2) is 9.97 Å². The maximum Gasteiger partial charge on any atom is 0.122 e. The van der Waals surface area contributed by atoms with Crippen LogP contribution in [0.5, 0.6) is 5.75 Å². The molecule has 2 N–H and O–H groups in total. The third kappa shape index (κ3) is 4.60. The van der Waals surface area contributed by atoms with E-state index in [4.69, 9.17) is 4.74 Å². The van der Waals surface area contributed by atoms with Crippen LogP contribution in [0, 0.1) is 6.92 Å². The molecule has 0 saturated carbocycles. The Morgan fingerprint density at radius 3 is 2.90 bits per heavy atom. The molecule has 0 radical (unpaired) electrons. The van der Waals surface area contributed by atoms with Gasteiger partial charge >= 0.3 is 0 Å². The summed E-state index contributed by atoms with van der Waals surface area (Å²) in [5.74, 6) is 0.808. The Labute approximate surface area is 118 Å². The third-order valence-corrected chi connectivity index (χ3v) is 2.85. The SMILES string of the molecule is Cc1ccccc1OCC(O)CNCc1ccncn1. The predicted molar refractivity (Wildman–Crippen MR) is 76.4 cm³/mol. The molecule has 0 aliphatic heterocycles. The Hall–Kier alpha value is -1.98. The van der Waals surface area contributed by atoms with Crippen molar-refractivity contribution in [1.29, 1.82) is 0 Å². The molecule has 0 fully saturated rings. The van der Waals surface area contributed by atoms with Crippen molar-refractivity contribution < 1.29 is 9.84 Å². The van der Waals surface area contributed by atoms with Crippen molar-refractivity contribution in [3.05, 3.63) is 54.1 Å². The van der Waals surface area contributed by atoms with Gasteiger partial charge in [-0.15, -0.1) is 0 Å². The summed E-state index contributed by atoms with van der Waals surface area (Å²) >= 11 is 0. The number of rotatable bonds is 7. The standard InChI is InChI=1S/C15H19N3O2/c1-12-4-2-3-5-15(12)20-10-14(19)9-17-8-13-6-7-16-11-18-13/h2-7,11,14,17,19H,8-10H2,1H3. The van der Waals surface area contributed by atoms with Crippen LogP contribution >= 0.6 is 0 Å². The Balaban J connectivity index is 1.68. The molecule has 0 amide bonds. The maximum atomic E-state index is 9.86. The molecule has 106 valence electrons. The van der Waals surface area contributed by atoms with Gasteiger partial charge in [0.2, 0.25) is 0 Å². The lowest BCUT2D eigenvalue weighted by Crippen LogP contribution is -2.31. The fraction of sp³-hybridized carbons (Fsp3) is 0.333. The third-order valence-electron chi connectivity index (χ3n) is 2.85. The number of para-hydroxylation sites is 1. The Kier molecular flexibility index (Phi) is 5.46. The molecular formula is C15H19N3O2. The predicted octanol–water partition coefficient (Wildman–Crippen LogP) is 1.31. The van der Waals surface area contributed by atoms with Crippen molar-refractivity contribution in [3.63, 3.8) is 0 Å². The highest BCUT2D eigenvalue weighted by molar-refractivity contribution is 5.31. The van der Waals surface area contributed by atoms with E-state index in [1.807, 2.05) is 37.3 Å². The summed E-state index contributed by atoms with van der Waals surface area (Å²) in [4.78, 5) is 7.95. The van der Waals surface area contributed by atoms with Gasteiger partial charge in [0, 0.05) is 19.3 Å². The molecule has 1 unspecified atom stereocenters. The summed E-state index contributed by atoms with van der Waals surface area (Å²) in [6.07, 6.45) is 2.65. The van der Waals surface area contributed by atoms with E-state index in [0.717, 1.165) is 17.0 Å². The van der Waals surface area contributed by atoms with E-state index in [-0.39, 0.29) is 6.61 Å². The number of nitrogens with one attached hydrogen (secondary N) is 1. The highest BCUT2D eigenvalue weighted by atomic mass is 16.5. The number of hydrogen-bond donors (Lipinski definition) is 2. The molecule has 2 rings (SSSR count). The van der Waals surface area contributed by atoms with E-state index in [0.29, 0.717) is 13.1 Å². The molecule has 5 heteroatoms. The average Bonchev–Trinajstić information content (AvgIpc) is 2.47. The molecule has 1 aromatic carbocycles. The van der Waals surface area contributed by atoms with E-state index < -0.39 is 6.10 Å². The molecule has 5 nitrogen and oxygen atoms in total. The summed E-state index contributed by atoms with van der Waals surface area (Å²) < 4.78 is 5.59. The van der Waals surface area contributed by atoms with Gasteiger partial charge in [0.1, 0.15) is 24.8 Å². The van der Waals surface area contributed by atoms with Crippen LogP contribution in [0.3, 0.4) is 0 Å². The number of ether oxygens (including phenoxy) is 1. The summed E-state index contributed by atoms with van der Waals surface area (Å²) in [7, 11) is 0. The van der Waals surface area contributed by atoms with Crippen molar-refractivity contribution in [1.82, 2.24) is 15.3 Å². The van der Waals surface area contributed by atoms with Crippen molar-refractivity contribution in [2.75, 3.05) is 13.2 Å². The van der Waals surface area contributed by atoms with Crippen molar-refractivity contribution >= 4 is 0 Å². The van der Waals surface area contributed by atoms with E-state index in [1.165, 1.54) is 6.33 Å². The number of hydrogen-bond acceptors (Lipinski definition) is 5. The minimum Gasteiger partial charge on any atom is -0.491 e. The molecule has 0 aliphatic rings. The van der Waals surface area contributed by atoms with Crippen molar-refractivity contribution in [2.45, 2.75) is 19.6 Å². The van der Waals surface area contributed by atoms with E-state index in [2.05, 4.69) is 15.3 Å². The quantitative estimate of drug-likeness (QED) is 0.796. The molecular weight excluding hydrogens is 254 g/mol. The number of aromatic nitrogens is 2. The van der Waals surface area contributed by atoms with Crippen LogP contribution in [0.1, 0.15) is 11.3 Å². The zero-order valence-electron chi connectivity index (χ0n) is 11.5. The fourth-order valence-electron chi connectivity index (χ4n) is 1.75. The molecule has 1 aromatic heterocycles. The Bertz CT molecular complexity index is 520. The number of benzene rings is 1. The van der Waals surface area contributed by atoms with Crippen LogP contribution in [0.4, 0.5) is 0 Å². The summed E-state index contributed by atoms with van der Waals surface area (Å²) in [5.41, 5.74) is 1.96. The van der Waals surface area contributed by atoms with Gasteiger partial charge in [-0.2, -0.15) is 0 Å². The maximum absolute atomic E-state index is 9.86. The van der Waals surface area contributed by atoms with Gasteiger partial charge < -0.3 is 15.2 Å². The second-order valence-corrected chi connectivity index (χ2v) is 4.56. The van der Waals surface area contributed by atoms with Crippen LogP contribution in [-0.2, 0) is 6.54 Å². The van der Waals surface area contributed by atoms with Gasteiger partial charge in [0.15, 0.2) is 0 Å². The van der Waals surface area contributed by atoms with E-state index >= 15 is 0 Å². The molecule has 0 bridgehead atoms. The second kappa shape index (κ2) is 7.57. The van der Waals surface area contributed by atoms with Crippen molar-refractivity contribution in [2.24, 2.45) is 0 Å². The molecule has 1 atom stereocenters. The van der Waals surface area contributed by atoms with Gasteiger partial charge in [0.25, 0.3) is 0 Å². The van der Waals surface area contributed by atoms with Gasteiger partial charge in [-0.05, 0) is 24.6 Å². The minimum absolute atomic E-state index is 0.266. The minimum atomic E-state index is -0.559. The largest absolute Gasteiger partial charge is 0.491 e. The molecule has 1 heterocycles. The first-order valence-corrected chi connectivity index (χ1v) is 6.58. The molecule has 2 aromatic rings. The first-order chi connectivity index (χ1) is 9.75. The average molecular weight is 273 g/mol. The van der Waals surface area contributed by atoms with Crippen LogP contribution in [-0.4, -0.2) is 34.3 Å². The lowest BCUT2D eigenvalue weighted by atomic mass is 10.2. The van der Waals surface area contributed by atoms with Gasteiger partial charge in [0.05, 0.1) is 5.69 Å². The number of aliphatic hydroxyl groups is 1. The van der Waals surface area contributed by atoms with Gasteiger partial charge in [-0.3, -0.25) is 0 Å². The highest BCUT2D eigenvalue weighted by Crippen LogP contribution is 2.16. The smallest absolute Gasteiger partial charge is 0.122 e. The molecule has 0 aliphatic carbocycles. The summed E-state index contributed by atoms with van der Waals surface area (Å²) in [6.45, 7) is 3.30. The van der Waals surface area contributed by atoms with Crippen molar-refractivity contribution in [3.8, 4) is 5.75 Å². The first kappa shape index (κ1) is 14.4. The number of aryl methyl sites for hydroxylation is 1. The number of nitrogens with zero attached hydrogens (tertiary/aromatic N) is 2. The van der Waals surface area contributed by atoms with Crippen LogP contribution in [0.25, 0.3) is 0 Å². The monoisotopic (exact) mass is 273 g/mol. The lowest BCUT2D eigenvalue weighted by Gasteiger charge is -2.14. The number of aliphatic hydroxyl groups excluding tert-OH is 1. The van der Waals surface area contributed by atoms with Crippen LogP contribution in [0.2, 0.25) is 0 Å². The summed E-state index contributed by atoms with van der Waals surface area (Å²) in [5, 5.41) is 13.0. The zero-order chi connectivity index (χ0) is 14.2. The fourth-order valence-corrected chi connectivity index (χ4v) is 1.75. The second-order valence-electron chi connectivity index (χ2n) is 4.56. The Morgan fingerprint density at radius 2 is 2.15 bits per heavy atom. The molecule has 0 spiro atoms. The first-order valence-electron chi connectivity index (χ1n) is 6.58. The van der Waals surface area contributed by atoms with E-state index in [9.17, 15) is 5.11 Å². The summed E-state index contributed by atoms with van der Waals surface area (Å²) in [6, 6.07) is 9.60. The molecule has 0 saturated heterocycles. The zero-order valence-corrected chi connectivity index (χ0v) is 11.5. The normalized spacial score (nSPS) is 12.1. The van der Waals surface area contributed by atoms with Crippen LogP contribution < -0.4 is 10.1 Å². The van der Waals surface area contributed by atoms with Crippen LogP contribution in [0.15, 0.2) is 42.9 Å². The van der Waals surface area contributed by atoms with Gasteiger partial charge in [-0.1, -0.05) is 18.2 Å². The highest BCUT2D eigenvalue weighted by Gasteiger charge is 2.06. The van der Waals surface area contributed by atoms with E-state index in [1.54, 1.807) is 6.20 Å². The lowest BCUT2D eigenvalue weighted by molar-refractivity contribution is 0.106. The molecule has 20 heavy (non-hydrogen) atoms.